The highest BCUT2D eigenvalue weighted by Gasteiger charge is 2.35. The smallest absolute Gasteiger partial charge is 0.298 e. The van der Waals surface area contributed by atoms with Crippen LogP contribution < -0.4 is 4.90 Å². The number of hydrazone groups is 1. The van der Waals surface area contributed by atoms with Crippen molar-refractivity contribution in [1.82, 2.24) is 5.01 Å². The van der Waals surface area contributed by atoms with Gasteiger partial charge in [-0.3, -0.25) is 4.79 Å². The molecule has 0 bridgehead atoms. The van der Waals surface area contributed by atoms with Gasteiger partial charge in [0.1, 0.15) is 18.9 Å². The Balaban J connectivity index is 1.57. The molecule has 0 radical (unpaired) electrons. The number of carbonyl (C=O) groups excluding carboxylic acids is 1. The summed E-state index contributed by atoms with van der Waals surface area (Å²) in [7, 11) is 0. The number of ether oxygens (including phenoxy) is 1. The summed E-state index contributed by atoms with van der Waals surface area (Å²) in [4.78, 5) is 15.3. The lowest BCUT2D eigenvalue weighted by Gasteiger charge is -2.27. The van der Waals surface area contributed by atoms with Crippen molar-refractivity contribution in [1.29, 1.82) is 0 Å². The first-order valence-electron chi connectivity index (χ1n) is 8.81. The summed E-state index contributed by atoms with van der Waals surface area (Å²) in [6.45, 7) is 3.45. The molecule has 0 spiro atoms. The zero-order chi connectivity index (χ0) is 17.9. The molecule has 1 atom stereocenters. The predicted octanol–water partition coefficient (Wildman–Crippen LogP) is 1.48. The molecule has 1 fully saturated rings. The third kappa shape index (κ3) is 3.70. The minimum atomic E-state index is -0.276. The van der Waals surface area contributed by atoms with E-state index in [9.17, 15) is 9.18 Å². The molecular weight excluding hydrogens is 353 g/mol. The monoisotopic (exact) mass is 374 g/mol. The van der Waals surface area contributed by atoms with Crippen LogP contribution in [0.2, 0.25) is 0 Å². The zero-order valence-corrected chi connectivity index (χ0v) is 15.2. The Morgan fingerprint density at radius 2 is 2.04 bits per heavy atom. The summed E-state index contributed by atoms with van der Waals surface area (Å²) in [5, 5.41) is 8.26. The Bertz CT molecular complexity index is 786. The average Bonchev–Trinajstić information content (AvgIpc) is 3.33. The molecule has 7 heteroatoms. The largest absolute Gasteiger partial charge is 0.370 e. The van der Waals surface area contributed by atoms with Gasteiger partial charge in [0.15, 0.2) is 6.54 Å². The molecule has 1 aromatic carbocycles. The van der Waals surface area contributed by atoms with Gasteiger partial charge >= 0.3 is 0 Å². The number of halogens is 1. The number of morpholine rings is 1. The lowest BCUT2D eigenvalue weighted by atomic mass is 10.0. The second kappa shape index (κ2) is 7.65. The van der Waals surface area contributed by atoms with Crippen LogP contribution >= 0.6 is 11.3 Å². The molecule has 1 saturated heterocycles. The number of rotatable bonds is 4. The maximum absolute atomic E-state index is 13.3. The highest BCUT2D eigenvalue weighted by atomic mass is 32.1. The van der Waals surface area contributed by atoms with E-state index in [0.717, 1.165) is 29.2 Å². The molecule has 0 aliphatic carbocycles. The molecule has 0 saturated carbocycles. The Hall–Kier alpha value is -2.09. The second-order valence-corrected chi connectivity index (χ2v) is 7.52. The third-order valence-electron chi connectivity index (χ3n) is 4.83. The van der Waals surface area contributed by atoms with Gasteiger partial charge in [0, 0.05) is 6.42 Å². The molecule has 26 heavy (non-hydrogen) atoms. The fraction of sp³-hybridized carbons (Fsp3) is 0.368. The molecule has 2 aliphatic heterocycles. The standard InChI is InChI=1S/C19H20FN3O2S/c20-15-5-3-14(4-6-15)17-12-16(18-2-1-11-26-18)21-23(17)19(24)13-22-7-9-25-10-8-22/h1-6,11,17H,7-10,12-13H2/p+1/t17-/m1/s1. The van der Waals surface area contributed by atoms with Crippen LogP contribution in [0, 0.1) is 5.82 Å². The van der Waals surface area contributed by atoms with Crippen molar-refractivity contribution in [2.45, 2.75) is 12.5 Å². The summed E-state index contributed by atoms with van der Waals surface area (Å²) < 4.78 is 18.7. The highest BCUT2D eigenvalue weighted by Crippen LogP contribution is 2.33. The lowest BCUT2D eigenvalue weighted by molar-refractivity contribution is -0.900. The first-order chi connectivity index (χ1) is 12.7. The van der Waals surface area contributed by atoms with Crippen molar-refractivity contribution in [2.24, 2.45) is 5.10 Å². The summed E-state index contributed by atoms with van der Waals surface area (Å²) in [5.41, 5.74) is 1.83. The van der Waals surface area contributed by atoms with Gasteiger partial charge in [-0.25, -0.2) is 9.40 Å². The van der Waals surface area contributed by atoms with Gasteiger partial charge in [0.2, 0.25) is 0 Å². The van der Waals surface area contributed by atoms with Crippen LogP contribution in [0.4, 0.5) is 4.39 Å². The molecule has 4 rings (SSSR count). The molecule has 136 valence electrons. The van der Waals surface area contributed by atoms with E-state index >= 15 is 0 Å². The number of carbonyl (C=O) groups is 1. The van der Waals surface area contributed by atoms with E-state index in [4.69, 9.17) is 4.74 Å². The number of nitrogens with one attached hydrogen (secondary N) is 1. The van der Waals surface area contributed by atoms with Gasteiger partial charge in [0.25, 0.3) is 5.91 Å². The van der Waals surface area contributed by atoms with Crippen molar-refractivity contribution < 1.29 is 18.8 Å². The molecule has 2 aliphatic rings. The van der Waals surface area contributed by atoms with E-state index in [1.807, 2.05) is 17.5 Å². The molecule has 2 aromatic rings. The highest BCUT2D eigenvalue weighted by molar-refractivity contribution is 7.12. The average molecular weight is 374 g/mol. The van der Waals surface area contributed by atoms with E-state index in [2.05, 4.69) is 5.10 Å². The van der Waals surface area contributed by atoms with Crippen LogP contribution in [0.25, 0.3) is 0 Å². The van der Waals surface area contributed by atoms with Crippen LogP contribution in [0.3, 0.4) is 0 Å². The van der Waals surface area contributed by atoms with Crippen LogP contribution in [0.1, 0.15) is 22.9 Å². The maximum atomic E-state index is 13.3. The molecular formula is C19H21FN3O2S+. The SMILES string of the molecule is O=C(C[NH+]1CCOCC1)N1N=C(c2cccs2)C[C@@H]1c1ccc(F)cc1. The van der Waals surface area contributed by atoms with Crippen molar-refractivity contribution >= 4 is 23.0 Å². The van der Waals surface area contributed by atoms with E-state index < -0.39 is 0 Å². The number of benzene rings is 1. The minimum absolute atomic E-state index is 0.00258. The van der Waals surface area contributed by atoms with Crippen molar-refractivity contribution in [3.8, 4) is 0 Å². The normalized spacial score (nSPS) is 21.0. The van der Waals surface area contributed by atoms with E-state index in [1.54, 1.807) is 28.5 Å². The van der Waals surface area contributed by atoms with Crippen LogP contribution in [0.15, 0.2) is 46.9 Å². The fourth-order valence-electron chi connectivity index (χ4n) is 3.41. The van der Waals surface area contributed by atoms with Gasteiger partial charge in [-0.2, -0.15) is 5.10 Å². The van der Waals surface area contributed by atoms with Gasteiger partial charge in [0.05, 0.1) is 29.8 Å². The Morgan fingerprint density at radius 3 is 2.73 bits per heavy atom. The maximum Gasteiger partial charge on any atom is 0.298 e. The lowest BCUT2D eigenvalue weighted by Crippen LogP contribution is -3.15. The molecule has 0 unspecified atom stereocenters. The van der Waals surface area contributed by atoms with E-state index in [-0.39, 0.29) is 17.8 Å². The molecule has 1 aromatic heterocycles. The van der Waals surface area contributed by atoms with Gasteiger partial charge in [-0.1, -0.05) is 18.2 Å². The predicted molar refractivity (Wildman–Crippen MR) is 97.8 cm³/mol. The quantitative estimate of drug-likeness (QED) is 0.881. The van der Waals surface area contributed by atoms with E-state index in [1.165, 1.54) is 17.0 Å². The number of nitrogens with zero attached hydrogens (tertiary/aromatic N) is 2. The second-order valence-electron chi connectivity index (χ2n) is 6.57. The number of quaternary nitrogens is 1. The topological polar surface area (TPSA) is 46.3 Å². The van der Waals surface area contributed by atoms with Gasteiger partial charge in [-0.05, 0) is 29.1 Å². The Labute approximate surface area is 155 Å². The zero-order valence-electron chi connectivity index (χ0n) is 14.4. The van der Waals surface area contributed by atoms with Crippen LogP contribution in [0.5, 0.6) is 0 Å². The number of hydrogen-bond donors (Lipinski definition) is 1. The molecule has 5 nitrogen and oxygen atoms in total. The summed E-state index contributed by atoms with van der Waals surface area (Å²) >= 11 is 1.62. The third-order valence-corrected chi connectivity index (χ3v) is 5.75. The van der Waals surface area contributed by atoms with Gasteiger partial charge in [-0.15, -0.1) is 11.3 Å². The first-order valence-corrected chi connectivity index (χ1v) is 9.69. The van der Waals surface area contributed by atoms with Crippen molar-refractivity contribution in [3.63, 3.8) is 0 Å². The number of amides is 1. The molecule has 1 amide bonds. The van der Waals surface area contributed by atoms with Crippen molar-refractivity contribution in [2.75, 3.05) is 32.8 Å². The van der Waals surface area contributed by atoms with Crippen molar-refractivity contribution in [3.05, 3.63) is 58.0 Å². The number of thiophene rings is 1. The number of hydrogen-bond acceptors (Lipinski definition) is 4. The molecule has 3 heterocycles. The Morgan fingerprint density at radius 1 is 1.27 bits per heavy atom. The fourth-order valence-corrected chi connectivity index (χ4v) is 4.13. The summed E-state index contributed by atoms with van der Waals surface area (Å²) in [6, 6.07) is 10.2. The van der Waals surface area contributed by atoms with E-state index in [0.29, 0.717) is 26.2 Å². The van der Waals surface area contributed by atoms with Gasteiger partial charge < -0.3 is 9.64 Å². The minimum Gasteiger partial charge on any atom is -0.370 e. The summed E-state index contributed by atoms with van der Waals surface area (Å²) in [6.07, 6.45) is 0.649. The summed E-state index contributed by atoms with van der Waals surface area (Å²) in [5.74, 6) is -0.274. The van der Waals surface area contributed by atoms with Crippen LogP contribution in [-0.4, -0.2) is 49.5 Å². The first kappa shape index (κ1) is 17.3. The molecule has 1 N–H and O–H groups in total. The van der Waals surface area contributed by atoms with Crippen LogP contribution in [-0.2, 0) is 9.53 Å². The Kier molecular flexibility index (Phi) is 5.10.